The molecule has 0 amide bonds. The van der Waals surface area contributed by atoms with E-state index < -0.39 is 0 Å². The molecule has 0 saturated carbocycles. The summed E-state index contributed by atoms with van der Waals surface area (Å²) in [5, 5.41) is 4.21. The van der Waals surface area contributed by atoms with E-state index in [1.165, 1.54) is 5.56 Å². The second-order valence-corrected chi connectivity index (χ2v) is 2.50. The molecule has 0 spiro atoms. The highest BCUT2D eigenvalue weighted by Crippen LogP contribution is 2.28. The first-order valence-corrected chi connectivity index (χ1v) is 3.61. The number of hydrogen-bond acceptors (Lipinski definition) is 1. The van der Waals surface area contributed by atoms with Crippen LogP contribution in [0.15, 0.2) is 30.5 Å². The van der Waals surface area contributed by atoms with E-state index in [1.54, 1.807) is 0 Å². The highest BCUT2D eigenvalue weighted by atomic mass is 35.5. The Morgan fingerprint density at radius 3 is 2.75 bits per heavy atom. The summed E-state index contributed by atoms with van der Waals surface area (Å²) < 4.78 is 0. The minimum atomic E-state index is 0. The molecule has 2 rings (SSSR count). The number of benzene rings is 1. The Hall–Kier alpha value is -0.990. The summed E-state index contributed by atoms with van der Waals surface area (Å²) in [5.74, 6) is 0. The fraction of sp³-hybridized carbons (Fsp3) is 0.111. The molecule has 1 aromatic rings. The predicted molar refractivity (Wildman–Crippen MR) is 52.5 cm³/mol. The van der Waals surface area contributed by atoms with E-state index in [4.69, 9.17) is 5.73 Å². The molecule has 1 aliphatic heterocycles. The molecule has 2 nitrogen and oxygen atoms in total. The Balaban J connectivity index is 0.000000720. The zero-order chi connectivity index (χ0) is 7.68. The molecule has 0 atom stereocenters. The minimum absolute atomic E-state index is 0. The van der Waals surface area contributed by atoms with Crippen molar-refractivity contribution in [2.45, 2.75) is 0 Å². The van der Waals surface area contributed by atoms with E-state index in [1.807, 2.05) is 30.5 Å². The third-order valence-corrected chi connectivity index (χ3v) is 1.83. The Morgan fingerprint density at radius 1 is 1.25 bits per heavy atom. The van der Waals surface area contributed by atoms with Crippen LogP contribution >= 0.6 is 12.4 Å². The van der Waals surface area contributed by atoms with Crippen LogP contribution < -0.4 is 11.1 Å². The second-order valence-electron chi connectivity index (χ2n) is 2.50. The monoisotopic (exact) mass is 181 g/mol. The summed E-state index contributed by atoms with van der Waals surface area (Å²) in [6.45, 7) is 0.570. The van der Waals surface area contributed by atoms with Crippen LogP contribution in [-0.2, 0) is 0 Å². The lowest BCUT2D eigenvalue weighted by atomic mass is 10.1. The second kappa shape index (κ2) is 3.61. The first kappa shape index (κ1) is 9.10. The molecule has 3 heteroatoms. The van der Waals surface area contributed by atoms with Crippen LogP contribution in [0.5, 0.6) is 0 Å². The van der Waals surface area contributed by atoms with Gasteiger partial charge in [-0.05, 0) is 11.6 Å². The molecule has 0 saturated heterocycles. The first-order valence-electron chi connectivity index (χ1n) is 3.61. The summed E-state index contributed by atoms with van der Waals surface area (Å²) >= 11 is 0. The molecule has 0 unspecified atom stereocenters. The molecule has 0 bridgehead atoms. The minimum Gasteiger partial charge on any atom is -0.326 e. The Labute approximate surface area is 77.9 Å². The van der Waals surface area contributed by atoms with Gasteiger partial charge in [0.25, 0.3) is 0 Å². The average Bonchev–Trinajstić information content (AvgIpc) is 2.47. The molecule has 1 aromatic carbocycles. The zero-order valence-electron chi connectivity index (χ0n) is 6.53. The van der Waals surface area contributed by atoms with Gasteiger partial charge < -0.3 is 5.73 Å². The van der Waals surface area contributed by atoms with Crippen molar-refractivity contribution >= 4 is 23.7 Å². The van der Waals surface area contributed by atoms with E-state index in [2.05, 4.69) is 5.32 Å². The molecule has 63 valence electrons. The Kier molecular flexibility index (Phi) is 2.74. The molecule has 1 radical (unpaired) electrons. The third-order valence-electron chi connectivity index (χ3n) is 1.83. The topological polar surface area (TPSA) is 40.1 Å². The SMILES string of the molecule is Cl.NCC1=C[N]c2ccccc21. The molecule has 2 N–H and O–H groups in total. The standard InChI is InChI=1S/C9H9N2.ClH/c10-5-7-6-11-9-4-2-1-3-8(7)9;/h1-4,6H,5,10H2;1H. The van der Waals surface area contributed by atoms with Crippen LogP contribution in [0.1, 0.15) is 5.56 Å². The number of fused-ring (bicyclic) bond motifs is 1. The molecule has 0 fully saturated rings. The predicted octanol–water partition coefficient (Wildman–Crippen LogP) is 1.66. The lowest BCUT2D eigenvalue weighted by Gasteiger charge is -1.98. The van der Waals surface area contributed by atoms with E-state index in [-0.39, 0.29) is 12.4 Å². The summed E-state index contributed by atoms with van der Waals surface area (Å²) in [5.41, 5.74) is 8.86. The molecule has 12 heavy (non-hydrogen) atoms. The van der Waals surface area contributed by atoms with Gasteiger partial charge in [-0.25, -0.2) is 0 Å². The van der Waals surface area contributed by atoms with Crippen LogP contribution in [0.4, 0.5) is 5.69 Å². The van der Waals surface area contributed by atoms with Crippen LogP contribution in [0.25, 0.3) is 5.57 Å². The van der Waals surface area contributed by atoms with Gasteiger partial charge in [0.2, 0.25) is 0 Å². The maximum absolute atomic E-state index is 5.52. The van der Waals surface area contributed by atoms with Crippen molar-refractivity contribution in [3.63, 3.8) is 0 Å². The fourth-order valence-electron chi connectivity index (χ4n) is 1.24. The van der Waals surface area contributed by atoms with Crippen molar-refractivity contribution < 1.29 is 0 Å². The quantitative estimate of drug-likeness (QED) is 0.704. The maximum atomic E-state index is 5.52. The lowest BCUT2D eigenvalue weighted by Crippen LogP contribution is -1.99. The summed E-state index contributed by atoms with van der Waals surface area (Å²) in [4.78, 5) is 0. The molecule has 1 heterocycles. The van der Waals surface area contributed by atoms with Crippen LogP contribution in [-0.4, -0.2) is 6.54 Å². The first-order chi connectivity index (χ1) is 5.42. The summed E-state index contributed by atoms with van der Waals surface area (Å²) in [7, 11) is 0. The summed E-state index contributed by atoms with van der Waals surface area (Å²) in [6, 6.07) is 8.03. The highest BCUT2D eigenvalue weighted by Gasteiger charge is 2.11. The van der Waals surface area contributed by atoms with E-state index in [0.717, 1.165) is 11.3 Å². The van der Waals surface area contributed by atoms with Crippen molar-refractivity contribution in [3.05, 3.63) is 36.0 Å². The molecule has 0 aromatic heterocycles. The number of rotatable bonds is 1. The third kappa shape index (κ3) is 1.31. The van der Waals surface area contributed by atoms with Gasteiger partial charge in [-0.3, -0.25) is 5.32 Å². The number of hydrogen-bond donors (Lipinski definition) is 1. The van der Waals surface area contributed by atoms with Gasteiger partial charge in [-0.1, -0.05) is 18.2 Å². The number of halogens is 1. The van der Waals surface area contributed by atoms with Crippen LogP contribution in [0, 0.1) is 0 Å². The van der Waals surface area contributed by atoms with Gasteiger partial charge in [-0.2, -0.15) is 0 Å². The number of para-hydroxylation sites is 1. The van der Waals surface area contributed by atoms with Crippen molar-refractivity contribution in [1.29, 1.82) is 0 Å². The van der Waals surface area contributed by atoms with Gasteiger partial charge in [0.05, 0.1) is 5.69 Å². The van der Waals surface area contributed by atoms with Crippen LogP contribution in [0.3, 0.4) is 0 Å². The van der Waals surface area contributed by atoms with Crippen molar-refractivity contribution in [3.8, 4) is 0 Å². The fourth-order valence-corrected chi connectivity index (χ4v) is 1.24. The number of nitrogens with two attached hydrogens (primary N) is 1. The average molecular weight is 182 g/mol. The lowest BCUT2D eigenvalue weighted by molar-refractivity contribution is 1.21. The molecule has 0 aliphatic carbocycles. The largest absolute Gasteiger partial charge is 0.326 e. The van der Waals surface area contributed by atoms with E-state index in [0.29, 0.717) is 6.54 Å². The van der Waals surface area contributed by atoms with Crippen LogP contribution in [0.2, 0.25) is 0 Å². The van der Waals surface area contributed by atoms with Gasteiger partial charge >= 0.3 is 0 Å². The normalized spacial score (nSPS) is 12.6. The van der Waals surface area contributed by atoms with Crippen molar-refractivity contribution in [1.82, 2.24) is 5.32 Å². The molecule has 1 aliphatic rings. The van der Waals surface area contributed by atoms with E-state index >= 15 is 0 Å². The highest BCUT2D eigenvalue weighted by molar-refractivity contribution is 5.85. The van der Waals surface area contributed by atoms with Gasteiger partial charge in [0, 0.05) is 18.3 Å². The smallest absolute Gasteiger partial charge is 0.0705 e. The number of nitrogens with zero attached hydrogens (tertiary/aromatic N) is 1. The van der Waals surface area contributed by atoms with Gasteiger partial charge in [-0.15, -0.1) is 12.4 Å². The van der Waals surface area contributed by atoms with E-state index in [9.17, 15) is 0 Å². The molecular weight excluding hydrogens is 172 g/mol. The van der Waals surface area contributed by atoms with Crippen molar-refractivity contribution in [2.24, 2.45) is 5.73 Å². The van der Waals surface area contributed by atoms with Gasteiger partial charge in [0.1, 0.15) is 0 Å². The maximum Gasteiger partial charge on any atom is 0.0705 e. The van der Waals surface area contributed by atoms with Crippen molar-refractivity contribution in [2.75, 3.05) is 6.54 Å². The Morgan fingerprint density at radius 2 is 2.00 bits per heavy atom. The summed E-state index contributed by atoms with van der Waals surface area (Å²) in [6.07, 6.45) is 1.84. The molecular formula is C9H10ClN2. The zero-order valence-corrected chi connectivity index (χ0v) is 7.34. The van der Waals surface area contributed by atoms with Gasteiger partial charge in [0.15, 0.2) is 0 Å². The Bertz CT molecular complexity index is 307.